The molecule has 1 aromatic carbocycles. The lowest BCUT2D eigenvalue weighted by Crippen LogP contribution is -2.23. The van der Waals surface area contributed by atoms with Gasteiger partial charge in [-0.3, -0.25) is 0 Å². The van der Waals surface area contributed by atoms with E-state index >= 15 is 0 Å². The summed E-state index contributed by atoms with van der Waals surface area (Å²) in [6.07, 6.45) is 0.459. The molecule has 7 nitrogen and oxygen atoms in total. The standard InChI is InChI=1S/C15H18N2O5/c1-10(7-11(2)22-14(18)9-17-16)21-13-6-4-5-12(8-13)15(19)20-3/h4-6,8-11H,7H2,1-3H3/t10-,11+/m0/s1. The van der Waals surface area contributed by atoms with E-state index in [9.17, 15) is 9.59 Å². The van der Waals surface area contributed by atoms with Gasteiger partial charge in [-0.15, -0.1) is 0 Å². The van der Waals surface area contributed by atoms with E-state index < -0.39 is 18.0 Å². The van der Waals surface area contributed by atoms with Crippen molar-refractivity contribution in [1.29, 1.82) is 0 Å². The number of esters is 2. The SMILES string of the molecule is COC(=O)c1cccc(O[C@@H](C)C[C@@H](C)OC(=O)C=[N+]=[N-])c1. The predicted octanol–water partition coefficient (Wildman–Crippen LogP) is 1.86. The van der Waals surface area contributed by atoms with Crippen LogP contribution in [0, 0.1) is 0 Å². The molecule has 0 saturated heterocycles. The van der Waals surface area contributed by atoms with Gasteiger partial charge < -0.3 is 19.7 Å². The Labute approximate surface area is 128 Å². The highest BCUT2D eigenvalue weighted by atomic mass is 16.5. The van der Waals surface area contributed by atoms with Gasteiger partial charge in [0.25, 0.3) is 0 Å². The zero-order valence-corrected chi connectivity index (χ0v) is 12.7. The molecular weight excluding hydrogens is 288 g/mol. The molecule has 0 heterocycles. The molecule has 0 bridgehead atoms. The lowest BCUT2D eigenvalue weighted by atomic mass is 10.2. The molecule has 1 aromatic rings. The van der Waals surface area contributed by atoms with Crippen LogP contribution in [-0.4, -0.2) is 42.3 Å². The fraction of sp³-hybridized carbons (Fsp3) is 0.400. The molecule has 0 unspecified atom stereocenters. The van der Waals surface area contributed by atoms with Gasteiger partial charge in [-0.05, 0) is 32.0 Å². The van der Waals surface area contributed by atoms with Gasteiger partial charge in [0, 0.05) is 6.42 Å². The molecule has 1 rings (SSSR count). The van der Waals surface area contributed by atoms with E-state index in [-0.39, 0.29) is 6.10 Å². The Balaban J connectivity index is 2.57. The molecule has 0 aliphatic rings. The topological polar surface area (TPSA) is 98.2 Å². The average Bonchev–Trinajstić information content (AvgIpc) is 2.46. The van der Waals surface area contributed by atoms with Crippen LogP contribution in [-0.2, 0) is 14.3 Å². The molecule has 0 N–H and O–H groups in total. The van der Waals surface area contributed by atoms with Gasteiger partial charge in [-0.25, -0.2) is 9.59 Å². The summed E-state index contributed by atoms with van der Waals surface area (Å²) in [4.78, 5) is 25.2. The highest BCUT2D eigenvalue weighted by molar-refractivity contribution is 6.20. The Kier molecular flexibility index (Phi) is 6.79. The van der Waals surface area contributed by atoms with Gasteiger partial charge in [-0.2, -0.15) is 4.79 Å². The molecule has 2 atom stereocenters. The number of hydrogen-bond donors (Lipinski definition) is 0. The van der Waals surface area contributed by atoms with E-state index in [0.717, 1.165) is 0 Å². The van der Waals surface area contributed by atoms with Crippen molar-refractivity contribution in [3.63, 3.8) is 0 Å². The van der Waals surface area contributed by atoms with Crippen LogP contribution in [0.25, 0.3) is 5.53 Å². The normalized spacial score (nSPS) is 12.5. The van der Waals surface area contributed by atoms with E-state index in [4.69, 9.17) is 15.0 Å². The largest absolute Gasteiger partial charge is 0.491 e. The molecule has 0 aliphatic heterocycles. The molecule has 0 fully saturated rings. The first-order chi connectivity index (χ1) is 10.5. The van der Waals surface area contributed by atoms with Gasteiger partial charge in [-0.1, -0.05) is 6.07 Å². The van der Waals surface area contributed by atoms with Gasteiger partial charge in [0.15, 0.2) is 0 Å². The molecule has 0 saturated carbocycles. The smallest absolute Gasteiger partial charge is 0.413 e. The molecular formula is C15H18N2O5. The highest BCUT2D eigenvalue weighted by Crippen LogP contribution is 2.17. The molecule has 118 valence electrons. The van der Waals surface area contributed by atoms with Crippen LogP contribution in [0.15, 0.2) is 24.3 Å². The summed E-state index contributed by atoms with van der Waals surface area (Å²) in [5.41, 5.74) is 8.62. The van der Waals surface area contributed by atoms with Gasteiger partial charge in [0.1, 0.15) is 11.9 Å². The number of carbonyl (C=O) groups excluding carboxylic acids is 2. The number of methoxy groups -OCH3 is 1. The quantitative estimate of drug-likeness (QED) is 0.331. The number of nitrogens with zero attached hydrogens (tertiary/aromatic N) is 2. The second-order valence-corrected chi connectivity index (χ2v) is 4.68. The summed E-state index contributed by atoms with van der Waals surface area (Å²) >= 11 is 0. The zero-order valence-electron chi connectivity index (χ0n) is 12.7. The molecule has 0 amide bonds. The Morgan fingerprint density at radius 3 is 2.68 bits per heavy atom. The van der Waals surface area contributed by atoms with Crippen LogP contribution in [0.2, 0.25) is 0 Å². The number of ether oxygens (including phenoxy) is 3. The minimum atomic E-state index is -0.727. The first-order valence-corrected chi connectivity index (χ1v) is 6.69. The van der Waals surface area contributed by atoms with Crippen molar-refractivity contribution < 1.29 is 28.6 Å². The van der Waals surface area contributed by atoms with Crippen LogP contribution < -0.4 is 4.74 Å². The van der Waals surface area contributed by atoms with Crippen LogP contribution in [0.3, 0.4) is 0 Å². The lowest BCUT2D eigenvalue weighted by Gasteiger charge is -2.18. The fourth-order valence-corrected chi connectivity index (χ4v) is 1.89. The zero-order chi connectivity index (χ0) is 16.5. The monoisotopic (exact) mass is 306 g/mol. The average molecular weight is 306 g/mol. The number of hydrogen-bond acceptors (Lipinski definition) is 5. The molecule has 22 heavy (non-hydrogen) atoms. The van der Waals surface area contributed by atoms with Gasteiger partial charge >= 0.3 is 18.2 Å². The summed E-state index contributed by atoms with van der Waals surface area (Å²) in [5.74, 6) is -0.649. The van der Waals surface area contributed by atoms with E-state index in [1.807, 2.05) is 6.92 Å². The van der Waals surface area contributed by atoms with Crippen molar-refractivity contribution in [2.24, 2.45) is 0 Å². The highest BCUT2D eigenvalue weighted by Gasteiger charge is 2.16. The summed E-state index contributed by atoms with van der Waals surface area (Å²) in [6.45, 7) is 3.52. The maximum Gasteiger partial charge on any atom is 0.413 e. The lowest BCUT2D eigenvalue weighted by molar-refractivity contribution is -0.144. The maximum absolute atomic E-state index is 11.4. The van der Waals surface area contributed by atoms with Crippen molar-refractivity contribution in [1.82, 2.24) is 0 Å². The Hall–Kier alpha value is -2.66. The van der Waals surface area contributed by atoms with Crippen LogP contribution >= 0.6 is 0 Å². The van der Waals surface area contributed by atoms with Crippen molar-refractivity contribution >= 4 is 18.2 Å². The van der Waals surface area contributed by atoms with Gasteiger partial charge in [0.2, 0.25) is 0 Å². The molecule has 7 heteroatoms. The first kappa shape index (κ1) is 17.4. The van der Waals surface area contributed by atoms with Crippen molar-refractivity contribution in [3.05, 3.63) is 35.4 Å². The van der Waals surface area contributed by atoms with Crippen LogP contribution in [0.4, 0.5) is 0 Å². The minimum absolute atomic E-state index is 0.248. The second kappa shape index (κ2) is 8.59. The Bertz CT molecular complexity index is 581. The summed E-state index contributed by atoms with van der Waals surface area (Å²) < 4.78 is 15.3. The van der Waals surface area contributed by atoms with E-state index in [2.05, 4.69) is 9.53 Å². The van der Waals surface area contributed by atoms with E-state index in [0.29, 0.717) is 23.9 Å². The van der Waals surface area contributed by atoms with Crippen LogP contribution in [0.5, 0.6) is 5.75 Å². The summed E-state index contributed by atoms with van der Waals surface area (Å²) in [6, 6.07) is 6.62. The number of benzene rings is 1. The second-order valence-electron chi connectivity index (χ2n) is 4.68. The van der Waals surface area contributed by atoms with Crippen LogP contribution in [0.1, 0.15) is 30.6 Å². The molecule has 0 spiro atoms. The number of carbonyl (C=O) groups is 2. The molecule has 0 radical (unpaired) electrons. The third-order valence-electron chi connectivity index (χ3n) is 2.74. The van der Waals surface area contributed by atoms with E-state index in [1.54, 1.807) is 31.2 Å². The summed E-state index contributed by atoms with van der Waals surface area (Å²) in [7, 11) is 1.31. The van der Waals surface area contributed by atoms with Crippen molar-refractivity contribution in [2.45, 2.75) is 32.5 Å². The third-order valence-corrected chi connectivity index (χ3v) is 2.74. The number of rotatable bonds is 7. The van der Waals surface area contributed by atoms with Crippen molar-refractivity contribution in [2.75, 3.05) is 7.11 Å². The Morgan fingerprint density at radius 2 is 2.05 bits per heavy atom. The third kappa shape index (κ3) is 5.76. The molecule has 0 aromatic heterocycles. The fourth-order valence-electron chi connectivity index (χ4n) is 1.89. The summed E-state index contributed by atoms with van der Waals surface area (Å²) in [5, 5.41) is 0. The predicted molar refractivity (Wildman–Crippen MR) is 77.7 cm³/mol. The van der Waals surface area contributed by atoms with Gasteiger partial charge in [0.05, 0.1) is 18.8 Å². The maximum atomic E-state index is 11.4. The first-order valence-electron chi connectivity index (χ1n) is 6.69. The van der Waals surface area contributed by atoms with Crippen molar-refractivity contribution in [3.8, 4) is 5.75 Å². The van der Waals surface area contributed by atoms with E-state index in [1.165, 1.54) is 7.11 Å². The Morgan fingerprint density at radius 1 is 1.32 bits per heavy atom. The minimum Gasteiger partial charge on any atom is -0.491 e. The molecule has 0 aliphatic carbocycles.